The smallest absolute Gasteiger partial charge is 0.250 e. The molecule has 0 aliphatic carbocycles. The summed E-state index contributed by atoms with van der Waals surface area (Å²) >= 11 is 0. The quantitative estimate of drug-likeness (QED) is 0.829. The fraction of sp³-hybridized carbons (Fsp3) is 0.353. The Balaban J connectivity index is 1.73. The van der Waals surface area contributed by atoms with E-state index in [4.69, 9.17) is 0 Å². The summed E-state index contributed by atoms with van der Waals surface area (Å²) in [5.74, 6) is 0.0940. The molecule has 114 valence electrons. The van der Waals surface area contributed by atoms with Gasteiger partial charge in [-0.3, -0.25) is 14.6 Å². The largest absolute Gasteiger partial charge is 0.342 e. The van der Waals surface area contributed by atoms with Gasteiger partial charge >= 0.3 is 0 Å². The van der Waals surface area contributed by atoms with E-state index >= 15 is 0 Å². The lowest BCUT2D eigenvalue weighted by Gasteiger charge is -2.20. The number of pyridine rings is 2. The van der Waals surface area contributed by atoms with Crippen molar-refractivity contribution in [3.05, 3.63) is 63.8 Å². The highest BCUT2D eigenvalue weighted by Gasteiger charge is 2.20. The summed E-state index contributed by atoms with van der Waals surface area (Å²) in [5.41, 5.74) is 3.00. The second-order valence-corrected chi connectivity index (χ2v) is 5.58. The van der Waals surface area contributed by atoms with Gasteiger partial charge in [-0.25, -0.2) is 0 Å². The minimum absolute atomic E-state index is 0.00649. The molecule has 2 aromatic heterocycles. The first-order valence-corrected chi connectivity index (χ1v) is 7.50. The lowest BCUT2D eigenvalue weighted by molar-refractivity contribution is -0.130. The van der Waals surface area contributed by atoms with Crippen LogP contribution in [0.15, 0.2) is 41.3 Å². The van der Waals surface area contributed by atoms with Crippen molar-refractivity contribution in [2.75, 3.05) is 13.1 Å². The van der Waals surface area contributed by atoms with E-state index in [1.807, 2.05) is 29.2 Å². The fourth-order valence-electron chi connectivity index (χ4n) is 2.91. The Labute approximate surface area is 129 Å². The molecule has 0 unspecified atom stereocenters. The van der Waals surface area contributed by atoms with Gasteiger partial charge < -0.3 is 9.47 Å². The number of hydrogen-bond donors (Lipinski definition) is 0. The molecular formula is C17H19N3O2. The first-order chi connectivity index (χ1) is 10.6. The van der Waals surface area contributed by atoms with E-state index in [0.717, 1.165) is 29.8 Å². The number of carbonyl (C=O) groups excluding carboxylic acids is 1. The third kappa shape index (κ3) is 2.93. The summed E-state index contributed by atoms with van der Waals surface area (Å²) in [7, 11) is 1.80. The molecule has 0 spiro atoms. The number of amides is 1. The van der Waals surface area contributed by atoms with Gasteiger partial charge in [0.2, 0.25) is 11.5 Å². The van der Waals surface area contributed by atoms with Crippen LogP contribution in [0.25, 0.3) is 0 Å². The van der Waals surface area contributed by atoms with Gasteiger partial charge in [-0.1, -0.05) is 12.1 Å². The highest BCUT2D eigenvalue weighted by Crippen LogP contribution is 2.14. The SMILES string of the molecule is Cn1c2c(ccc1=O)CCN(C(=O)Cc1ccccn1)CC2. The van der Waals surface area contributed by atoms with Gasteiger partial charge in [-0.15, -0.1) is 0 Å². The number of hydrogen-bond acceptors (Lipinski definition) is 3. The zero-order valence-electron chi connectivity index (χ0n) is 12.7. The molecule has 0 saturated carbocycles. The average Bonchev–Trinajstić information content (AvgIpc) is 2.75. The molecule has 22 heavy (non-hydrogen) atoms. The molecule has 1 amide bonds. The van der Waals surface area contributed by atoms with Crippen molar-refractivity contribution < 1.29 is 4.79 Å². The molecule has 2 aromatic rings. The molecule has 0 bridgehead atoms. The van der Waals surface area contributed by atoms with Gasteiger partial charge in [0, 0.05) is 50.2 Å². The van der Waals surface area contributed by atoms with Crippen LogP contribution in [0.1, 0.15) is 17.0 Å². The predicted octanol–water partition coefficient (Wildman–Crippen LogP) is 0.950. The van der Waals surface area contributed by atoms with Crippen molar-refractivity contribution in [1.29, 1.82) is 0 Å². The highest BCUT2D eigenvalue weighted by atomic mass is 16.2. The Morgan fingerprint density at radius 3 is 2.77 bits per heavy atom. The molecule has 3 rings (SSSR count). The Kier molecular flexibility index (Phi) is 4.04. The van der Waals surface area contributed by atoms with Crippen molar-refractivity contribution in [2.24, 2.45) is 7.05 Å². The number of rotatable bonds is 2. The summed E-state index contributed by atoms with van der Waals surface area (Å²) in [6.07, 6.45) is 3.54. The summed E-state index contributed by atoms with van der Waals surface area (Å²) in [6, 6.07) is 9.10. The molecule has 5 nitrogen and oxygen atoms in total. The zero-order valence-corrected chi connectivity index (χ0v) is 12.7. The van der Waals surface area contributed by atoms with E-state index in [1.165, 1.54) is 0 Å². The van der Waals surface area contributed by atoms with Gasteiger partial charge in [0.1, 0.15) is 0 Å². The van der Waals surface area contributed by atoms with Crippen LogP contribution in [0.3, 0.4) is 0 Å². The molecule has 0 atom stereocenters. The third-order valence-electron chi connectivity index (χ3n) is 4.21. The molecular weight excluding hydrogens is 278 g/mol. The molecule has 0 N–H and O–H groups in total. The molecule has 1 aliphatic heterocycles. The third-order valence-corrected chi connectivity index (χ3v) is 4.21. The van der Waals surface area contributed by atoms with Crippen LogP contribution in [0.4, 0.5) is 0 Å². The number of aromatic nitrogens is 2. The lowest BCUT2D eigenvalue weighted by Crippen LogP contribution is -2.34. The summed E-state index contributed by atoms with van der Waals surface area (Å²) in [6.45, 7) is 1.34. The molecule has 3 heterocycles. The molecule has 0 radical (unpaired) electrons. The predicted molar refractivity (Wildman–Crippen MR) is 83.6 cm³/mol. The highest BCUT2D eigenvalue weighted by molar-refractivity contribution is 5.78. The van der Waals surface area contributed by atoms with Crippen LogP contribution in [0.2, 0.25) is 0 Å². The minimum Gasteiger partial charge on any atom is -0.342 e. The van der Waals surface area contributed by atoms with E-state index in [2.05, 4.69) is 4.98 Å². The zero-order chi connectivity index (χ0) is 15.5. The van der Waals surface area contributed by atoms with Gasteiger partial charge in [0.05, 0.1) is 6.42 Å². The van der Waals surface area contributed by atoms with Crippen LogP contribution in [-0.2, 0) is 31.1 Å². The monoisotopic (exact) mass is 297 g/mol. The number of carbonyl (C=O) groups is 1. The second kappa shape index (κ2) is 6.13. The van der Waals surface area contributed by atoms with Crippen LogP contribution in [0, 0.1) is 0 Å². The van der Waals surface area contributed by atoms with Crippen LogP contribution in [-0.4, -0.2) is 33.4 Å². The maximum absolute atomic E-state index is 12.4. The summed E-state index contributed by atoms with van der Waals surface area (Å²) < 4.78 is 1.70. The van der Waals surface area contributed by atoms with Crippen LogP contribution in [0.5, 0.6) is 0 Å². The van der Waals surface area contributed by atoms with Crippen molar-refractivity contribution in [3.8, 4) is 0 Å². The van der Waals surface area contributed by atoms with E-state index < -0.39 is 0 Å². The minimum atomic E-state index is 0.00649. The first kappa shape index (κ1) is 14.5. The van der Waals surface area contributed by atoms with Gasteiger partial charge in [0.15, 0.2) is 0 Å². The van der Waals surface area contributed by atoms with E-state index in [9.17, 15) is 9.59 Å². The second-order valence-electron chi connectivity index (χ2n) is 5.58. The Hall–Kier alpha value is -2.43. The average molecular weight is 297 g/mol. The standard InChI is InChI=1S/C17H19N3O2/c1-19-15-8-11-20(10-7-13(15)5-6-16(19)21)17(22)12-14-4-2-3-9-18-14/h2-6,9H,7-8,10-12H2,1H3. The van der Waals surface area contributed by atoms with Crippen molar-refractivity contribution in [2.45, 2.75) is 19.3 Å². The number of fused-ring (bicyclic) bond motifs is 1. The van der Waals surface area contributed by atoms with Gasteiger partial charge in [-0.05, 0) is 24.1 Å². The van der Waals surface area contributed by atoms with E-state index in [-0.39, 0.29) is 11.5 Å². The molecule has 0 saturated heterocycles. The Morgan fingerprint density at radius 1 is 1.18 bits per heavy atom. The molecule has 1 aliphatic rings. The maximum atomic E-state index is 12.4. The lowest BCUT2D eigenvalue weighted by atomic mass is 10.1. The molecule has 5 heteroatoms. The summed E-state index contributed by atoms with van der Waals surface area (Å²) in [5, 5.41) is 0. The van der Waals surface area contributed by atoms with Crippen LogP contribution < -0.4 is 5.56 Å². The maximum Gasteiger partial charge on any atom is 0.250 e. The Morgan fingerprint density at radius 2 is 2.00 bits per heavy atom. The van der Waals surface area contributed by atoms with Gasteiger partial charge in [-0.2, -0.15) is 0 Å². The normalized spacial score (nSPS) is 14.3. The Bertz CT molecular complexity index is 737. The summed E-state index contributed by atoms with van der Waals surface area (Å²) in [4.78, 5) is 30.3. The van der Waals surface area contributed by atoms with Crippen molar-refractivity contribution in [1.82, 2.24) is 14.5 Å². The molecule has 0 aromatic carbocycles. The first-order valence-electron chi connectivity index (χ1n) is 7.50. The van der Waals surface area contributed by atoms with Gasteiger partial charge in [0.25, 0.3) is 0 Å². The molecule has 0 fully saturated rings. The van der Waals surface area contributed by atoms with E-state index in [1.54, 1.807) is 23.9 Å². The number of nitrogens with zero attached hydrogens (tertiary/aromatic N) is 3. The van der Waals surface area contributed by atoms with E-state index in [0.29, 0.717) is 19.5 Å². The fourth-order valence-corrected chi connectivity index (χ4v) is 2.91. The van der Waals surface area contributed by atoms with Crippen molar-refractivity contribution in [3.63, 3.8) is 0 Å². The topological polar surface area (TPSA) is 55.2 Å². The van der Waals surface area contributed by atoms with Crippen molar-refractivity contribution >= 4 is 5.91 Å². The van der Waals surface area contributed by atoms with Crippen LogP contribution >= 0.6 is 0 Å².